The van der Waals surface area contributed by atoms with Gasteiger partial charge in [-0.05, 0) is 62.7 Å². The number of amides is 1. The molecule has 1 atom stereocenters. The first-order chi connectivity index (χ1) is 13.1. The maximum absolute atomic E-state index is 13.2. The van der Waals surface area contributed by atoms with E-state index in [1.165, 1.54) is 18.2 Å². The molecule has 2 aromatic rings. The van der Waals surface area contributed by atoms with Crippen molar-refractivity contribution in [1.29, 1.82) is 0 Å². The van der Waals surface area contributed by atoms with Gasteiger partial charge in [0, 0.05) is 12.2 Å². The van der Waals surface area contributed by atoms with Crippen LogP contribution in [0.2, 0.25) is 5.02 Å². The first-order valence-corrected chi connectivity index (χ1v) is 9.49. The summed E-state index contributed by atoms with van der Waals surface area (Å²) in [4.78, 5) is 19.1. The second-order valence-electron chi connectivity index (χ2n) is 6.54. The first kappa shape index (κ1) is 22.4. The molecule has 1 aromatic carbocycles. The number of pyridine rings is 1. The predicted molar refractivity (Wildman–Crippen MR) is 109 cm³/mol. The van der Waals surface area contributed by atoms with Crippen molar-refractivity contribution in [3.8, 4) is 5.75 Å². The lowest BCUT2D eigenvalue weighted by atomic mass is 10.1. The van der Waals surface area contributed by atoms with Crippen LogP contribution in [0.3, 0.4) is 0 Å². The Morgan fingerprint density at radius 3 is 2.89 bits per heavy atom. The molecule has 1 aromatic heterocycles. The molecule has 2 heterocycles. The SMILES string of the molecule is Cl.O=C(COc1ccc(F)cc1Cl)N(Cc1ccccn1)C1CCCNCC1. The van der Waals surface area contributed by atoms with Crippen molar-refractivity contribution in [2.75, 3.05) is 19.7 Å². The van der Waals surface area contributed by atoms with Crippen molar-refractivity contribution in [2.24, 2.45) is 0 Å². The summed E-state index contributed by atoms with van der Waals surface area (Å²) in [6.45, 7) is 2.12. The van der Waals surface area contributed by atoms with E-state index in [2.05, 4.69) is 10.3 Å². The lowest BCUT2D eigenvalue weighted by Gasteiger charge is -2.31. The Morgan fingerprint density at radius 1 is 1.29 bits per heavy atom. The number of carbonyl (C=O) groups is 1. The highest BCUT2D eigenvalue weighted by molar-refractivity contribution is 6.32. The number of carbonyl (C=O) groups excluding carboxylic acids is 1. The molecular weight excluding hydrogens is 404 g/mol. The number of aromatic nitrogens is 1. The van der Waals surface area contributed by atoms with Gasteiger partial charge in [-0.1, -0.05) is 17.7 Å². The van der Waals surface area contributed by atoms with Crippen LogP contribution in [-0.4, -0.2) is 41.5 Å². The smallest absolute Gasteiger partial charge is 0.261 e. The monoisotopic (exact) mass is 427 g/mol. The minimum atomic E-state index is -0.443. The lowest BCUT2D eigenvalue weighted by Crippen LogP contribution is -2.43. The van der Waals surface area contributed by atoms with E-state index in [1.807, 2.05) is 23.1 Å². The number of rotatable bonds is 6. The van der Waals surface area contributed by atoms with E-state index in [1.54, 1.807) is 6.20 Å². The number of nitrogens with one attached hydrogen (secondary N) is 1. The molecule has 1 amide bonds. The van der Waals surface area contributed by atoms with Crippen molar-refractivity contribution in [3.63, 3.8) is 0 Å². The number of hydrogen-bond acceptors (Lipinski definition) is 4. The number of ether oxygens (including phenoxy) is 1. The summed E-state index contributed by atoms with van der Waals surface area (Å²) in [6, 6.07) is 9.66. The van der Waals surface area contributed by atoms with Crippen LogP contribution in [-0.2, 0) is 11.3 Å². The highest BCUT2D eigenvalue weighted by Crippen LogP contribution is 2.25. The van der Waals surface area contributed by atoms with Crippen LogP contribution in [0.15, 0.2) is 42.6 Å². The van der Waals surface area contributed by atoms with Crippen molar-refractivity contribution < 1.29 is 13.9 Å². The molecule has 0 saturated carbocycles. The van der Waals surface area contributed by atoms with Crippen molar-refractivity contribution in [1.82, 2.24) is 15.2 Å². The number of hydrogen-bond donors (Lipinski definition) is 1. The maximum atomic E-state index is 13.2. The summed E-state index contributed by atoms with van der Waals surface area (Å²) in [5.41, 5.74) is 0.836. The van der Waals surface area contributed by atoms with E-state index in [9.17, 15) is 9.18 Å². The zero-order chi connectivity index (χ0) is 19.1. The molecule has 0 radical (unpaired) electrons. The fourth-order valence-electron chi connectivity index (χ4n) is 3.21. The minimum Gasteiger partial charge on any atom is -0.482 e. The summed E-state index contributed by atoms with van der Waals surface area (Å²) in [5, 5.41) is 3.52. The topological polar surface area (TPSA) is 54.5 Å². The third kappa shape index (κ3) is 6.33. The zero-order valence-electron chi connectivity index (χ0n) is 15.4. The number of nitrogens with zero attached hydrogens (tertiary/aromatic N) is 2. The fraction of sp³-hybridized carbons (Fsp3) is 0.400. The van der Waals surface area contributed by atoms with Gasteiger partial charge in [0.1, 0.15) is 11.6 Å². The molecule has 1 fully saturated rings. The molecule has 5 nitrogen and oxygen atoms in total. The van der Waals surface area contributed by atoms with Gasteiger partial charge in [0.2, 0.25) is 0 Å². The lowest BCUT2D eigenvalue weighted by molar-refractivity contribution is -0.136. The molecule has 0 aliphatic carbocycles. The molecule has 28 heavy (non-hydrogen) atoms. The zero-order valence-corrected chi connectivity index (χ0v) is 17.0. The van der Waals surface area contributed by atoms with Crippen LogP contribution < -0.4 is 10.1 Å². The predicted octanol–water partition coefficient (Wildman–Crippen LogP) is 3.85. The molecule has 1 aliphatic rings. The van der Waals surface area contributed by atoms with Gasteiger partial charge in [-0.3, -0.25) is 9.78 Å². The second kappa shape index (κ2) is 11.2. The molecular formula is C20H24Cl2FN3O2. The summed E-state index contributed by atoms with van der Waals surface area (Å²) < 4.78 is 18.7. The van der Waals surface area contributed by atoms with E-state index in [0.717, 1.165) is 38.0 Å². The molecule has 3 rings (SSSR count). The Hall–Kier alpha value is -1.89. The van der Waals surface area contributed by atoms with E-state index < -0.39 is 5.82 Å². The quantitative estimate of drug-likeness (QED) is 0.760. The highest BCUT2D eigenvalue weighted by Gasteiger charge is 2.25. The molecule has 0 spiro atoms. The highest BCUT2D eigenvalue weighted by atomic mass is 35.5. The molecule has 1 saturated heterocycles. The third-order valence-corrected chi connectivity index (χ3v) is 4.91. The second-order valence-corrected chi connectivity index (χ2v) is 6.95. The van der Waals surface area contributed by atoms with Crippen LogP contribution in [0.25, 0.3) is 0 Å². The third-order valence-electron chi connectivity index (χ3n) is 4.61. The van der Waals surface area contributed by atoms with Crippen molar-refractivity contribution in [2.45, 2.75) is 31.8 Å². The van der Waals surface area contributed by atoms with E-state index in [0.29, 0.717) is 12.3 Å². The summed E-state index contributed by atoms with van der Waals surface area (Å²) >= 11 is 5.98. The minimum absolute atomic E-state index is 0. The fourth-order valence-corrected chi connectivity index (χ4v) is 3.44. The average Bonchev–Trinajstić information content (AvgIpc) is 2.95. The van der Waals surface area contributed by atoms with Gasteiger partial charge < -0.3 is 15.0 Å². The molecule has 152 valence electrons. The molecule has 0 bridgehead atoms. The van der Waals surface area contributed by atoms with Crippen LogP contribution in [0.4, 0.5) is 4.39 Å². The maximum Gasteiger partial charge on any atom is 0.261 e. The van der Waals surface area contributed by atoms with Gasteiger partial charge in [-0.2, -0.15) is 0 Å². The molecule has 1 aliphatic heterocycles. The Morgan fingerprint density at radius 2 is 2.14 bits per heavy atom. The average molecular weight is 428 g/mol. The summed E-state index contributed by atoms with van der Waals surface area (Å²) in [5.74, 6) is -0.277. The summed E-state index contributed by atoms with van der Waals surface area (Å²) in [7, 11) is 0. The molecule has 1 N–H and O–H groups in total. The van der Waals surface area contributed by atoms with Crippen LogP contribution in [0, 0.1) is 5.82 Å². The van der Waals surface area contributed by atoms with Crippen LogP contribution in [0.1, 0.15) is 25.0 Å². The normalized spacial score (nSPS) is 16.6. The Bertz CT molecular complexity index is 756. The largest absolute Gasteiger partial charge is 0.482 e. The number of benzene rings is 1. The molecule has 8 heteroatoms. The first-order valence-electron chi connectivity index (χ1n) is 9.11. The Kier molecular flexibility index (Phi) is 8.96. The van der Waals surface area contributed by atoms with Gasteiger partial charge in [0.05, 0.1) is 17.3 Å². The van der Waals surface area contributed by atoms with Gasteiger partial charge in [-0.25, -0.2) is 4.39 Å². The van der Waals surface area contributed by atoms with E-state index in [4.69, 9.17) is 16.3 Å². The van der Waals surface area contributed by atoms with Crippen LogP contribution in [0.5, 0.6) is 5.75 Å². The summed E-state index contributed by atoms with van der Waals surface area (Å²) in [6.07, 6.45) is 4.56. The van der Waals surface area contributed by atoms with Gasteiger partial charge in [0.15, 0.2) is 6.61 Å². The van der Waals surface area contributed by atoms with Gasteiger partial charge in [-0.15, -0.1) is 12.4 Å². The van der Waals surface area contributed by atoms with E-state index >= 15 is 0 Å². The van der Waals surface area contributed by atoms with Gasteiger partial charge >= 0.3 is 0 Å². The van der Waals surface area contributed by atoms with Crippen molar-refractivity contribution >= 4 is 29.9 Å². The van der Waals surface area contributed by atoms with Crippen LogP contribution >= 0.6 is 24.0 Å². The van der Waals surface area contributed by atoms with E-state index in [-0.39, 0.29) is 36.0 Å². The van der Waals surface area contributed by atoms with Crippen molar-refractivity contribution in [3.05, 3.63) is 59.1 Å². The van der Waals surface area contributed by atoms with Gasteiger partial charge in [0.25, 0.3) is 5.91 Å². The number of halogens is 3. The molecule has 1 unspecified atom stereocenters. The Labute approximate surface area is 175 Å². The standard InChI is InChI=1S/C20H23ClFN3O2.ClH/c21-18-12-15(22)6-7-19(18)27-14-20(26)25(13-16-4-1-2-10-24-16)17-5-3-9-23-11-8-17;/h1-2,4,6-7,10,12,17,23H,3,5,8-9,11,13-14H2;1H. The Balaban J connectivity index is 0.00000280.